The second kappa shape index (κ2) is 8.03. The Hall–Kier alpha value is -4.12. The molecular formula is C23H23N7O4. The van der Waals surface area contributed by atoms with Crippen molar-refractivity contribution in [3.05, 3.63) is 60.5 Å². The molecule has 0 saturated carbocycles. The zero-order chi connectivity index (χ0) is 23.2. The van der Waals surface area contributed by atoms with Crippen LogP contribution in [-0.2, 0) is 9.57 Å². The van der Waals surface area contributed by atoms with Crippen molar-refractivity contribution in [3.63, 3.8) is 0 Å². The van der Waals surface area contributed by atoms with Gasteiger partial charge in [-0.3, -0.25) is 14.7 Å². The fourth-order valence-electron chi connectivity index (χ4n) is 4.97. The van der Waals surface area contributed by atoms with Crippen LogP contribution >= 0.6 is 0 Å². The molecule has 1 atom stereocenters. The second-order valence-electron chi connectivity index (χ2n) is 8.11. The first kappa shape index (κ1) is 20.5. The molecule has 6 rings (SSSR count). The van der Waals surface area contributed by atoms with Crippen LogP contribution < -0.4 is 15.0 Å². The summed E-state index contributed by atoms with van der Waals surface area (Å²) in [7, 11) is 1.69. The van der Waals surface area contributed by atoms with Gasteiger partial charge in [-0.1, -0.05) is 6.58 Å². The molecule has 11 nitrogen and oxygen atoms in total. The lowest BCUT2D eigenvalue weighted by atomic mass is 10.0. The van der Waals surface area contributed by atoms with E-state index < -0.39 is 0 Å². The van der Waals surface area contributed by atoms with Gasteiger partial charge < -0.3 is 19.2 Å². The third-order valence-corrected chi connectivity index (χ3v) is 6.34. The Morgan fingerprint density at radius 2 is 2.21 bits per heavy atom. The number of carbonyl (C=O) groups excluding carboxylic acids is 1. The first-order valence-electron chi connectivity index (χ1n) is 11.0. The predicted molar refractivity (Wildman–Crippen MR) is 123 cm³/mol. The minimum atomic E-state index is -0.320. The van der Waals surface area contributed by atoms with Crippen LogP contribution in [0.1, 0.15) is 22.8 Å². The normalized spacial score (nSPS) is 19.2. The minimum Gasteiger partial charge on any atom is -0.499 e. The van der Waals surface area contributed by atoms with Gasteiger partial charge in [0.25, 0.3) is 5.91 Å². The first-order chi connectivity index (χ1) is 16.7. The minimum absolute atomic E-state index is 0.228. The smallest absolute Gasteiger partial charge is 0.259 e. The molecule has 1 amide bonds. The number of ether oxygens (including phenoxy) is 2. The van der Waals surface area contributed by atoms with Gasteiger partial charge in [-0.25, -0.2) is 4.98 Å². The van der Waals surface area contributed by atoms with E-state index in [1.165, 1.54) is 18.7 Å². The average Bonchev–Trinajstić information content (AvgIpc) is 3.13. The molecule has 0 radical (unpaired) electrons. The molecule has 3 aromatic rings. The monoisotopic (exact) mass is 461 g/mol. The molecule has 0 spiro atoms. The standard InChI is InChI=1S/C23H23N7O4/c1-3-34-28-9-7-17(32-2)20-16(13-28)30-19-15(4-5-18-21(19)29(20)10-11-33-18)26-23(30)27-22(31)14-6-8-24-25-12-14/h3-6,8,12,16H,1,7,9-11,13H2,2H3,(H,26,27,31). The highest BCUT2D eigenvalue weighted by Gasteiger charge is 2.42. The van der Waals surface area contributed by atoms with Gasteiger partial charge in [0, 0.05) is 13.0 Å². The van der Waals surface area contributed by atoms with E-state index in [0.29, 0.717) is 44.2 Å². The number of hydrogen-bond acceptors (Lipinski definition) is 9. The number of methoxy groups -OCH3 is 1. The number of nitrogens with one attached hydrogen (secondary N) is 1. The van der Waals surface area contributed by atoms with Gasteiger partial charge in [0.05, 0.1) is 60.9 Å². The van der Waals surface area contributed by atoms with E-state index in [9.17, 15) is 4.79 Å². The number of nitrogens with zero attached hydrogens (tertiary/aromatic N) is 6. The van der Waals surface area contributed by atoms with Crippen LogP contribution in [0.2, 0.25) is 0 Å². The molecule has 34 heavy (non-hydrogen) atoms. The fourth-order valence-corrected chi connectivity index (χ4v) is 4.97. The maximum Gasteiger partial charge on any atom is 0.259 e. The lowest BCUT2D eigenvalue weighted by Gasteiger charge is -2.42. The molecule has 174 valence electrons. The summed E-state index contributed by atoms with van der Waals surface area (Å²) < 4.78 is 13.9. The van der Waals surface area contributed by atoms with Crippen LogP contribution in [0.3, 0.4) is 0 Å². The highest BCUT2D eigenvalue weighted by Crippen LogP contribution is 2.50. The lowest BCUT2D eigenvalue weighted by molar-refractivity contribution is -0.106. The van der Waals surface area contributed by atoms with Crippen LogP contribution in [0.25, 0.3) is 11.0 Å². The number of fused-ring (bicyclic) bond motifs is 3. The summed E-state index contributed by atoms with van der Waals surface area (Å²) in [6.07, 6.45) is 4.98. The van der Waals surface area contributed by atoms with Gasteiger partial charge in [0.2, 0.25) is 5.95 Å². The van der Waals surface area contributed by atoms with Crippen molar-refractivity contribution < 1.29 is 19.1 Å². The molecule has 0 aliphatic carbocycles. The van der Waals surface area contributed by atoms with E-state index in [0.717, 1.165) is 33.9 Å². The van der Waals surface area contributed by atoms with E-state index in [4.69, 9.17) is 19.3 Å². The van der Waals surface area contributed by atoms with Crippen molar-refractivity contribution in [3.8, 4) is 5.75 Å². The number of rotatable bonds is 5. The number of anilines is 2. The summed E-state index contributed by atoms with van der Waals surface area (Å²) in [4.78, 5) is 25.8. The molecule has 1 N–H and O–H groups in total. The lowest BCUT2D eigenvalue weighted by Crippen LogP contribution is -2.42. The summed E-state index contributed by atoms with van der Waals surface area (Å²) in [5.74, 6) is 1.74. The molecule has 5 heterocycles. The summed E-state index contributed by atoms with van der Waals surface area (Å²) in [6, 6.07) is 5.22. The number of hydrogen-bond donors (Lipinski definition) is 1. The van der Waals surface area contributed by atoms with Gasteiger partial charge >= 0.3 is 0 Å². The topological polar surface area (TPSA) is 107 Å². The van der Waals surface area contributed by atoms with Gasteiger partial charge in [0.1, 0.15) is 30.1 Å². The second-order valence-corrected chi connectivity index (χ2v) is 8.11. The number of imidazole rings is 1. The van der Waals surface area contributed by atoms with E-state index in [-0.39, 0.29) is 11.9 Å². The molecule has 0 bridgehead atoms. The quantitative estimate of drug-likeness (QED) is 0.574. The Balaban J connectivity index is 1.56. The van der Waals surface area contributed by atoms with E-state index >= 15 is 0 Å². The number of benzene rings is 1. The van der Waals surface area contributed by atoms with Crippen molar-refractivity contribution in [1.82, 2.24) is 24.8 Å². The maximum atomic E-state index is 13.0. The van der Waals surface area contributed by atoms with Gasteiger partial charge in [0.15, 0.2) is 0 Å². The molecule has 1 unspecified atom stereocenters. The summed E-state index contributed by atoms with van der Waals surface area (Å²) in [6.45, 7) is 6.10. The number of hydroxylamine groups is 2. The van der Waals surface area contributed by atoms with Gasteiger partial charge in [-0.05, 0) is 18.2 Å². The molecule has 3 aliphatic rings. The Bertz CT molecular complexity index is 1320. The number of carbonyl (C=O) groups is 1. The summed E-state index contributed by atoms with van der Waals surface area (Å²) >= 11 is 0. The van der Waals surface area contributed by atoms with Crippen molar-refractivity contribution in [2.45, 2.75) is 12.5 Å². The molecular weight excluding hydrogens is 438 g/mol. The van der Waals surface area contributed by atoms with E-state index in [2.05, 4.69) is 27.0 Å². The van der Waals surface area contributed by atoms with Gasteiger partial charge in [-0.2, -0.15) is 10.2 Å². The van der Waals surface area contributed by atoms with Crippen LogP contribution in [0.15, 0.2) is 54.9 Å². The predicted octanol–water partition coefficient (Wildman–Crippen LogP) is 2.47. The van der Waals surface area contributed by atoms with Gasteiger partial charge in [-0.15, -0.1) is 5.06 Å². The zero-order valence-corrected chi connectivity index (χ0v) is 18.6. The molecule has 2 aromatic heterocycles. The number of aromatic nitrogens is 4. The van der Waals surface area contributed by atoms with Crippen LogP contribution in [0.4, 0.5) is 11.6 Å². The van der Waals surface area contributed by atoms with E-state index in [1.54, 1.807) is 13.2 Å². The maximum absolute atomic E-state index is 13.0. The molecule has 1 aromatic carbocycles. The average molecular weight is 461 g/mol. The summed E-state index contributed by atoms with van der Waals surface area (Å²) in [5.41, 5.74) is 3.99. The van der Waals surface area contributed by atoms with Crippen LogP contribution in [0, 0.1) is 0 Å². The largest absolute Gasteiger partial charge is 0.499 e. The van der Waals surface area contributed by atoms with Crippen molar-refractivity contribution >= 4 is 28.6 Å². The first-order valence-corrected chi connectivity index (χ1v) is 11.0. The fraction of sp³-hybridized carbons (Fsp3) is 0.304. The van der Waals surface area contributed by atoms with Crippen LogP contribution in [0.5, 0.6) is 5.75 Å². The van der Waals surface area contributed by atoms with Crippen molar-refractivity contribution in [2.24, 2.45) is 0 Å². The van der Waals surface area contributed by atoms with Crippen molar-refractivity contribution in [1.29, 1.82) is 0 Å². The third-order valence-electron chi connectivity index (χ3n) is 6.34. The van der Waals surface area contributed by atoms with Crippen molar-refractivity contribution in [2.75, 3.05) is 43.6 Å². The molecule has 0 fully saturated rings. The van der Waals surface area contributed by atoms with E-state index in [1.807, 2.05) is 21.8 Å². The molecule has 0 saturated heterocycles. The highest BCUT2D eigenvalue weighted by atomic mass is 16.7. The Morgan fingerprint density at radius 1 is 1.29 bits per heavy atom. The zero-order valence-electron chi connectivity index (χ0n) is 18.6. The Morgan fingerprint density at radius 3 is 3.00 bits per heavy atom. The third kappa shape index (κ3) is 3.08. The Labute approximate surface area is 195 Å². The SMILES string of the molecule is C=CON1CCC(OC)=C2C(C1)n1c(NC(=O)c3ccnnc3)nc3ccc4c(c31)N2CCO4. The molecule has 11 heteroatoms. The molecule has 3 aliphatic heterocycles. The Kier molecular flexibility index (Phi) is 4.84. The summed E-state index contributed by atoms with van der Waals surface area (Å²) in [5, 5.41) is 12.4. The highest BCUT2D eigenvalue weighted by molar-refractivity contribution is 6.05. The van der Waals surface area contributed by atoms with Crippen LogP contribution in [-0.4, -0.2) is 64.1 Å². The number of amides is 1.